The van der Waals surface area contributed by atoms with Crippen LogP contribution in [0.2, 0.25) is 0 Å². The molecule has 2 aromatic rings. The molecular formula is C24H31N5O6. The molecule has 0 aliphatic rings. The van der Waals surface area contributed by atoms with Crippen LogP contribution in [0.5, 0.6) is 0 Å². The Bertz CT molecular complexity index is 1110. The number of esters is 2. The zero-order valence-corrected chi connectivity index (χ0v) is 19.8. The molecular weight excluding hydrogens is 454 g/mol. The van der Waals surface area contributed by atoms with Crippen molar-refractivity contribution >= 4 is 29.6 Å². The smallest absolute Gasteiger partial charge is 0.328 e. The Balaban J connectivity index is 2.00. The number of H-pyrrole nitrogens is 1. The number of rotatable bonds is 12. The number of benzene rings is 1. The summed E-state index contributed by atoms with van der Waals surface area (Å²) in [5, 5.41) is 2.59. The summed E-state index contributed by atoms with van der Waals surface area (Å²) in [6.45, 7) is 3.89. The molecule has 0 aliphatic carbocycles. The van der Waals surface area contributed by atoms with Crippen LogP contribution in [0, 0.1) is 0 Å². The fourth-order valence-electron chi connectivity index (χ4n) is 3.57. The highest BCUT2D eigenvalue weighted by Crippen LogP contribution is 2.24. The third-order valence-electron chi connectivity index (χ3n) is 5.55. The second-order valence-electron chi connectivity index (χ2n) is 7.84. The van der Waals surface area contributed by atoms with Crippen molar-refractivity contribution in [3.63, 3.8) is 0 Å². The van der Waals surface area contributed by atoms with Gasteiger partial charge in [0.2, 0.25) is 5.95 Å². The number of nitrogens with two attached hydrogens (primary N) is 2. The first-order valence-electron chi connectivity index (χ1n) is 11.0. The van der Waals surface area contributed by atoms with E-state index in [2.05, 4.69) is 26.6 Å². The molecule has 2 rings (SSSR count). The molecule has 2 atom stereocenters. The molecule has 35 heavy (non-hydrogen) atoms. The van der Waals surface area contributed by atoms with E-state index in [4.69, 9.17) is 16.2 Å². The predicted octanol–water partition coefficient (Wildman–Crippen LogP) is 1.45. The number of nitrogens with one attached hydrogen (secondary N) is 2. The van der Waals surface area contributed by atoms with Gasteiger partial charge in [-0.25, -0.2) is 4.79 Å². The molecule has 188 valence electrons. The van der Waals surface area contributed by atoms with Crippen molar-refractivity contribution in [3.8, 4) is 0 Å². The summed E-state index contributed by atoms with van der Waals surface area (Å²) in [5.74, 6) is -1.54. The van der Waals surface area contributed by atoms with Crippen LogP contribution in [0.3, 0.4) is 0 Å². The Morgan fingerprint density at radius 2 is 1.83 bits per heavy atom. The number of carbonyl (C=O) groups excluding carboxylic acids is 3. The van der Waals surface area contributed by atoms with Gasteiger partial charge in [-0.05, 0) is 43.4 Å². The van der Waals surface area contributed by atoms with E-state index in [1.165, 1.54) is 14.2 Å². The number of nitrogens with zero attached hydrogens (tertiary/aromatic N) is 1. The minimum absolute atomic E-state index is 0.0166. The van der Waals surface area contributed by atoms with Gasteiger partial charge in [-0.3, -0.25) is 19.4 Å². The van der Waals surface area contributed by atoms with E-state index in [0.29, 0.717) is 30.4 Å². The van der Waals surface area contributed by atoms with Gasteiger partial charge in [-0.2, -0.15) is 4.98 Å². The molecule has 1 heterocycles. The zero-order chi connectivity index (χ0) is 26.0. The van der Waals surface area contributed by atoms with E-state index in [1.54, 1.807) is 30.3 Å². The van der Waals surface area contributed by atoms with E-state index in [9.17, 15) is 19.2 Å². The fourth-order valence-corrected chi connectivity index (χ4v) is 3.57. The topological polar surface area (TPSA) is 179 Å². The van der Waals surface area contributed by atoms with Crippen molar-refractivity contribution in [2.75, 3.05) is 25.7 Å². The molecule has 1 aromatic carbocycles. The number of amides is 1. The summed E-state index contributed by atoms with van der Waals surface area (Å²) in [4.78, 5) is 54.4. The SMILES string of the molecule is C=CC(CCCc1c(N)nc(N)[nH]c1=O)c1ccc(C(=O)N[C@@H](CCC(=O)OC)C(=O)OC)cc1. The monoisotopic (exact) mass is 485 g/mol. The number of ether oxygens (including phenoxy) is 2. The first-order chi connectivity index (χ1) is 16.7. The van der Waals surface area contributed by atoms with Gasteiger partial charge in [0, 0.05) is 17.9 Å². The number of nitrogen functional groups attached to an aromatic ring is 2. The maximum absolute atomic E-state index is 12.6. The quantitative estimate of drug-likeness (QED) is 0.256. The van der Waals surface area contributed by atoms with Crippen molar-refractivity contribution in [3.05, 3.63) is 64.0 Å². The van der Waals surface area contributed by atoms with E-state index in [1.807, 2.05) is 0 Å². The Morgan fingerprint density at radius 3 is 2.40 bits per heavy atom. The molecule has 0 saturated carbocycles. The second-order valence-corrected chi connectivity index (χ2v) is 7.84. The molecule has 0 aliphatic heterocycles. The van der Waals surface area contributed by atoms with E-state index in [-0.39, 0.29) is 36.1 Å². The van der Waals surface area contributed by atoms with Crippen LogP contribution in [0.4, 0.5) is 11.8 Å². The highest BCUT2D eigenvalue weighted by molar-refractivity contribution is 5.96. The lowest BCUT2D eigenvalue weighted by Crippen LogP contribution is -2.41. The minimum Gasteiger partial charge on any atom is -0.469 e. The van der Waals surface area contributed by atoms with Crippen LogP contribution in [-0.4, -0.2) is 48.1 Å². The van der Waals surface area contributed by atoms with Crippen molar-refractivity contribution < 1.29 is 23.9 Å². The Morgan fingerprint density at radius 1 is 1.14 bits per heavy atom. The van der Waals surface area contributed by atoms with Crippen LogP contribution >= 0.6 is 0 Å². The summed E-state index contributed by atoms with van der Waals surface area (Å²) < 4.78 is 9.29. The molecule has 1 aromatic heterocycles. The third-order valence-corrected chi connectivity index (χ3v) is 5.55. The number of hydrogen-bond acceptors (Lipinski definition) is 9. The molecule has 0 radical (unpaired) electrons. The summed E-state index contributed by atoms with van der Waals surface area (Å²) in [7, 11) is 2.45. The van der Waals surface area contributed by atoms with E-state index < -0.39 is 23.9 Å². The van der Waals surface area contributed by atoms with Crippen LogP contribution in [-0.2, 0) is 25.5 Å². The molecule has 0 bridgehead atoms. The largest absolute Gasteiger partial charge is 0.469 e. The summed E-state index contributed by atoms with van der Waals surface area (Å²) in [6.07, 6.45) is 3.58. The van der Waals surface area contributed by atoms with Crippen molar-refractivity contribution in [2.45, 2.75) is 44.1 Å². The first-order valence-corrected chi connectivity index (χ1v) is 11.0. The van der Waals surface area contributed by atoms with Gasteiger partial charge in [0.25, 0.3) is 11.5 Å². The number of aromatic amines is 1. The Kier molecular flexibility index (Phi) is 10.0. The first kappa shape index (κ1) is 27.1. The van der Waals surface area contributed by atoms with Gasteiger partial charge in [0.1, 0.15) is 11.9 Å². The maximum atomic E-state index is 12.6. The Hall–Kier alpha value is -4.15. The van der Waals surface area contributed by atoms with Gasteiger partial charge in [-0.15, -0.1) is 6.58 Å². The molecule has 0 saturated heterocycles. The molecule has 1 unspecified atom stereocenters. The number of aromatic nitrogens is 2. The van der Waals surface area contributed by atoms with Crippen LogP contribution < -0.4 is 22.3 Å². The lowest BCUT2D eigenvalue weighted by atomic mass is 9.92. The number of carbonyl (C=O) groups is 3. The van der Waals surface area contributed by atoms with Crippen molar-refractivity contribution in [1.29, 1.82) is 0 Å². The molecule has 0 fully saturated rings. The Labute approximate surface area is 202 Å². The molecule has 0 spiro atoms. The summed E-state index contributed by atoms with van der Waals surface area (Å²) in [6, 6.07) is 5.90. The van der Waals surface area contributed by atoms with Crippen LogP contribution in [0.1, 0.15) is 53.1 Å². The fraction of sp³-hybridized carbons (Fsp3) is 0.375. The maximum Gasteiger partial charge on any atom is 0.328 e. The highest BCUT2D eigenvalue weighted by Gasteiger charge is 2.23. The van der Waals surface area contributed by atoms with Gasteiger partial charge in [0.15, 0.2) is 0 Å². The van der Waals surface area contributed by atoms with E-state index in [0.717, 1.165) is 5.56 Å². The lowest BCUT2D eigenvalue weighted by molar-refractivity contribution is -0.144. The molecule has 6 N–H and O–H groups in total. The number of hydrogen-bond donors (Lipinski definition) is 4. The lowest BCUT2D eigenvalue weighted by Gasteiger charge is -2.17. The van der Waals surface area contributed by atoms with E-state index >= 15 is 0 Å². The van der Waals surface area contributed by atoms with Gasteiger partial charge in [-0.1, -0.05) is 18.2 Å². The summed E-state index contributed by atoms with van der Waals surface area (Å²) in [5.41, 5.74) is 12.6. The normalized spacial score (nSPS) is 12.3. The number of methoxy groups -OCH3 is 2. The van der Waals surface area contributed by atoms with Crippen LogP contribution in [0.15, 0.2) is 41.7 Å². The third kappa shape index (κ3) is 7.70. The number of allylic oxidation sites excluding steroid dienone is 1. The molecule has 11 nitrogen and oxygen atoms in total. The summed E-state index contributed by atoms with van der Waals surface area (Å²) >= 11 is 0. The van der Waals surface area contributed by atoms with Gasteiger partial charge in [0.05, 0.1) is 19.8 Å². The average Bonchev–Trinajstić information content (AvgIpc) is 2.84. The van der Waals surface area contributed by atoms with Gasteiger partial charge >= 0.3 is 11.9 Å². The minimum atomic E-state index is -0.981. The molecule has 11 heteroatoms. The molecule has 1 amide bonds. The predicted molar refractivity (Wildman–Crippen MR) is 131 cm³/mol. The second kappa shape index (κ2) is 12.9. The van der Waals surface area contributed by atoms with Crippen molar-refractivity contribution in [2.24, 2.45) is 0 Å². The number of anilines is 2. The van der Waals surface area contributed by atoms with Gasteiger partial charge < -0.3 is 26.3 Å². The standard InChI is InChI=1S/C24H31N5O6/c1-4-14(6-5-7-17-20(25)28-24(26)29-22(17)32)15-8-10-16(11-9-15)21(31)27-18(23(33)35-3)12-13-19(30)34-2/h4,8-11,14,18H,1,5-7,12-13H2,2-3H3,(H,27,31)(H5,25,26,28,29,32)/t14?,18-/m0/s1. The van der Waals surface area contributed by atoms with Crippen molar-refractivity contribution in [1.82, 2.24) is 15.3 Å². The van der Waals surface area contributed by atoms with Crippen LogP contribution in [0.25, 0.3) is 0 Å². The zero-order valence-electron chi connectivity index (χ0n) is 19.8. The average molecular weight is 486 g/mol. The highest BCUT2D eigenvalue weighted by atomic mass is 16.5.